The Morgan fingerprint density at radius 3 is 2.25 bits per heavy atom. The van der Waals surface area contributed by atoms with Crippen molar-refractivity contribution in [3.8, 4) is 28.6 Å². The third-order valence-electron chi connectivity index (χ3n) is 6.14. The second kappa shape index (κ2) is 12.4. The first-order valence-electron chi connectivity index (χ1n) is 12.6. The molecule has 0 spiro atoms. The quantitative estimate of drug-likeness (QED) is 0.349. The van der Waals surface area contributed by atoms with Crippen molar-refractivity contribution in [1.82, 2.24) is 14.7 Å². The predicted octanol–water partition coefficient (Wildman–Crippen LogP) is 5.66. The van der Waals surface area contributed by atoms with Crippen LogP contribution in [0.4, 0.5) is 0 Å². The van der Waals surface area contributed by atoms with E-state index < -0.39 is 6.10 Å². The molecule has 0 amide bonds. The largest absolute Gasteiger partial charge is 0.497 e. The Labute approximate surface area is 215 Å². The Balaban J connectivity index is 1.95. The molecule has 3 rings (SSSR count). The Morgan fingerprint density at radius 1 is 1.03 bits per heavy atom. The summed E-state index contributed by atoms with van der Waals surface area (Å²) in [5.74, 6) is 2.15. The van der Waals surface area contributed by atoms with Crippen molar-refractivity contribution < 1.29 is 19.3 Å². The number of methoxy groups -OCH3 is 1. The fourth-order valence-corrected chi connectivity index (χ4v) is 3.94. The molecule has 0 aliphatic heterocycles. The fraction of sp³-hybridized carbons (Fsp3) is 0.483. The minimum absolute atomic E-state index is 0.243. The van der Waals surface area contributed by atoms with Crippen LogP contribution in [-0.4, -0.2) is 57.8 Å². The molecule has 0 aliphatic carbocycles. The molecule has 0 saturated heterocycles. The van der Waals surface area contributed by atoms with Gasteiger partial charge in [0.05, 0.1) is 31.0 Å². The molecule has 2 aromatic carbocycles. The highest BCUT2D eigenvalue weighted by Crippen LogP contribution is 2.35. The van der Waals surface area contributed by atoms with Crippen LogP contribution >= 0.6 is 0 Å². The molecule has 1 aromatic heterocycles. The van der Waals surface area contributed by atoms with Crippen molar-refractivity contribution in [1.29, 1.82) is 0 Å². The van der Waals surface area contributed by atoms with E-state index in [1.807, 2.05) is 70.3 Å². The molecule has 196 valence electrons. The molecule has 0 unspecified atom stereocenters. The third kappa shape index (κ3) is 7.56. The standard InChI is InChI=1S/C29H41N3O4/c1-8-21(2)32(18-23(33)20-35-29(3,4)5)19-26-27(22-12-10-9-11-13-22)30-31(6)28(26)36-25-16-14-24(34-7)15-17-25/h9-17,21,23,33H,8,18-20H2,1-7H3/t21-,23+/m0/s1. The van der Waals surface area contributed by atoms with E-state index in [1.54, 1.807) is 11.8 Å². The van der Waals surface area contributed by atoms with Gasteiger partial charge in [-0.25, -0.2) is 4.68 Å². The van der Waals surface area contributed by atoms with Crippen molar-refractivity contribution in [2.24, 2.45) is 7.05 Å². The molecule has 7 heteroatoms. The van der Waals surface area contributed by atoms with Crippen LogP contribution in [0.5, 0.6) is 17.4 Å². The average molecular weight is 496 g/mol. The zero-order valence-corrected chi connectivity index (χ0v) is 22.7. The Morgan fingerprint density at radius 2 is 1.67 bits per heavy atom. The molecule has 36 heavy (non-hydrogen) atoms. The summed E-state index contributed by atoms with van der Waals surface area (Å²) in [6.07, 6.45) is 0.337. The van der Waals surface area contributed by atoms with Gasteiger partial charge in [0.15, 0.2) is 0 Å². The van der Waals surface area contributed by atoms with Crippen LogP contribution in [0.1, 0.15) is 46.6 Å². The van der Waals surface area contributed by atoms with Crippen LogP contribution in [0.2, 0.25) is 0 Å². The topological polar surface area (TPSA) is 69.0 Å². The van der Waals surface area contributed by atoms with Gasteiger partial charge in [0.1, 0.15) is 17.2 Å². The van der Waals surface area contributed by atoms with Gasteiger partial charge in [0, 0.05) is 31.7 Å². The van der Waals surface area contributed by atoms with Gasteiger partial charge < -0.3 is 19.3 Å². The summed E-state index contributed by atoms with van der Waals surface area (Å²) >= 11 is 0. The highest BCUT2D eigenvalue weighted by atomic mass is 16.5. The molecule has 0 aliphatic rings. The molecule has 7 nitrogen and oxygen atoms in total. The maximum Gasteiger partial charge on any atom is 0.222 e. The molecule has 0 fully saturated rings. The van der Waals surface area contributed by atoms with E-state index in [9.17, 15) is 5.11 Å². The number of nitrogens with zero attached hydrogens (tertiary/aromatic N) is 3. The summed E-state index contributed by atoms with van der Waals surface area (Å²) in [4.78, 5) is 2.28. The number of ether oxygens (including phenoxy) is 3. The van der Waals surface area contributed by atoms with Crippen molar-refractivity contribution >= 4 is 0 Å². The van der Waals surface area contributed by atoms with Gasteiger partial charge >= 0.3 is 0 Å². The van der Waals surface area contributed by atoms with E-state index >= 15 is 0 Å². The number of hydrogen-bond donors (Lipinski definition) is 1. The zero-order chi connectivity index (χ0) is 26.3. The van der Waals surface area contributed by atoms with Crippen molar-refractivity contribution in [2.45, 2.75) is 65.3 Å². The van der Waals surface area contributed by atoms with Gasteiger partial charge in [-0.15, -0.1) is 0 Å². The van der Waals surface area contributed by atoms with E-state index in [1.165, 1.54) is 0 Å². The molecule has 0 bridgehead atoms. The molecule has 2 atom stereocenters. The second-order valence-corrected chi connectivity index (χ2v) is 10.2. The van der Waals surface area contributed by atoms with Crippen LogP contribution in [0, 0.1) is 0 Å². The van der Waals surface area contributed by atoms with E-state index in [0.717, 1.165) is 29.0 Å². The Hall–Kier alpha value is -2.87. The van der Waals surface area contributed by atoms with Gasteiger partial charge in [0.2, 0.25) is 5.88 Å². The van der Waals surface area contributed by atoms with Crippen LogP contribution in [0.3, 0.4) is 0 Å². The summed E-state index contributed by atoms with van der Waals surface area (Å²) in [6.45, 7) is 11.7. The first-order chi connectivity index (χ1) is 17.1. The van der Waals surface area contributed by atoms with Crippen LogP contribution in [0.25, 0.3) is 11.3 Å². The lowest BCUT2D eigenvalue weighted by atomic mass is 10.1. The SMILES string of the molecule is CC[C@H](C)N(Cc1c(-c2ccccc2)nn(C)c1Oc1ccc(OC)cc1)C[C@@H](O)COC(C)(C)C. The van der Waals surface area contributed by atoms with Crippen molar-refractivity contribution in [2.75, 3.05) is 20.3 Å². The van der Waals surface area contributed by atoms with E-state index in [0.29, 0.717) is 24.7 Å². The first kappa shape index (κ1) is 27.7. The zero-order valence-electron chi connectivity index (χ0n) is 22.7. The summed E-state index contributed by atoms with van der Waals surface area (Å²) in [5.41, 5.74) is 2.57. The number of aliphatic hydroxyl groups excluding tert-OH is 1. The average Bonchev–Trinajstić information content (AvgIpc) is 3.17. The molecular formula is C29H41N3O4. The van der Waals surface area contributed by atoms with Gasteiger partial charge in [-0.2, -0.15) is 5.10 Å². The Kier molecular flexibility index (Phi) is 9.54. The molecular weight excluding hydrogens is 454 g/mol. The minimum atomic E-state index is -0.610. The van der Waals surface area contributed by atoms with Crippen LogP contribution in [-0.2, 0) is 18.3 Å². The van der Waals surface area contributed by atoms with Crippen molar-refractivity contribution in [3.05, 3.63) is 60.2 Å². The maximum absolute atomic E-state index is 10.8. The highest BCUT2D eigenvalue weighted by Gasteiger charge is 2.26. The predicted molar refractivity (Wildman–Crippen MR) is 144 cm³/mol. The molecule has 1 N–H and O–H groups in total. The van der Waals surface area contributed by atoms with Crippen LogP contribution in [0.15, 0.2) is 54.6 Å². The minimum Gasteiger partial charge on any atom is -0.497 e. The molecule has 3 aromatic rings. The van der Waals surface area contributed by atoms with Gasteiger partial charge in [0.25, 0.3) is 0 Å². The molecule has 0 radical (unpaired) electrons. The number of hydrogen-bond acceptors (Lipinski definition) is 6. The smallest absolute Gasteiger partial charge is 0.222 e. The molecule has 1 heterocycles. The highest BCUT2D eigenvalue weighted by molar-refractivity contribution is 5.65. The number of aliphatic hydroxyl groups is 1. The monoisotopic (exact) mass is 495 g/mol. The maximum atomic E-state index is 10.8. The lowest BCUT2D eigenvalue weighted by molar-refractivity contribution is -0.0593. The van der Waals surface area contributed by atoms with E-state index in [-0.39, 0.29) is 18.2 Å². The molecule has 0 saturated carbocycles. The van der Waals surface area contributed by atoms with Crippen molar-refractivity contribution in [3.63, 3.8) is 0 Å². The Bertz CT molecular complexity index is 1070. The third-order valence-corrected chi connectivity index (χ3v) is 6.14. The van der Waals surface area contributed by atoms with Crippen LogP contribution < -0.4 is 9.47 Å². The lowest BCUT2D eigenvalue weighted by Crippen LogP contribution is -2.41. The lowest BCUT2D eigenvalue weighted by Gasteiger charge is -2.31. The summed E-state index contributed by atoms with van der Waals surface area (Å²) in [5, 5.41) is 15.7. The fourth-order valence-electron chi connectivity index (χ4n) is 3.94. The summed E-state index contributed by atoms with van der Waals surface area (Å²) < 4.78 is 19.3. The number of rotatable bonds is 12. The van der Waals surface area contributed by atoms with Gasteiger partial charge in [-0.05, 0) is 58.4 Å². The van der Waals surface area contributed by atoms with Gasteiger partial charge in [-0.1, -0.05) is 37.3 Å². The number of aryl methyl sites for hydroxylation is 1. The second-order valence-electron chi connectivity index (χ2n) is 10.2. The summed E-state index contributed by atoms with van der Waals surface area (Å²) in [7, 11) is 3.54. The van der Waals surface area contributed by atoms with Gasteiger partial charge in [-0.3, -0.25) is 4.90 Å². The van der Waals surface area contributed by atoms with E-state index in [2.05, 4.69) is 30.9 Å². The first-order valence-corrected chi connectivity index (χ1v) is 12.6. The normalized spacial score (nSPS) is 13.6. The number of aromatic nitrogens is 2. The number of benzene rings is 2. The van der Waals surface area contributed by atoms with E-state index in [4.69, 9.17) is 19.3 Å². The summed E-state index contributed by atoms with van der Waals surface area (Å²) in [6, 6.07) is 17.9.